The lowest BCUT2D eigenvalue weighted by Crippen LogP contribution is -2.20. The predicted octanol–water partition coefficient (Wildman–Crippen LogP) is 5.10. The fourth-order valence-corrected chi connectivity index (χ4v) is 4.85. The van der Waals surface area contributed by atoms with Gasteiger partial charge in [0.1, 0.15) is 11.2 Å². The van der Waals surface area contributed by atoms with Crippen molar-refractivity contribution in [2.45, 2.75) is 51.9 Å². The molecule has 28 heavy (non-hydrogen) atoms. The number of aryl methyl sites for hydroxylation is 2. The maximum absolute atomic E-state index is 12.3. The highest BCUT2D eigenvalue weighted by molar-refractivity contribution is 7.18. The molecule has 1 aliphatic carbocycles. The average molecular weight is 396 g/mol. The zero-order valence-electron chi connectivity index (χ0n) is 16.3. The molecule has 0 fully saturated rings. The molecule has 0 unspecified atom stereocenters. The van der Waals surface area contributed by atoms with E-state index in [1.165, 1.54) is 35.2 Å². The maximum atomic E-state index is 12.3. The van der Waals surface area contributed by atoms with Crippen molar-refractivity contribution in [3.63, 3.8) is 0 Å². The average Bonchev–Trinajstić information content (AvgIpc) is 3.11. The summed E-state index contributed by atoms with van der Waals surface area (Å²) in [6.07, 6.45) is 7.16. The number of rotatable bonds is 6. The van der Waals surface area contributed by atoms with Crippen LogP contribution in [0.1, 0.15) is 55.0 Å². The van der Waals surface area contributed by atoms with Gasteiger partial charge in [0, 0.05) is 10.6 Å². The third-order valence-electron chi connectivity index (χ3n) is 5.43. The highest BCUT2D eigenvalue weighted by atomic mass is 32.1. The second-order valence-corrected chi connectivity index (χ2v) is 8.42. The summed E-state index contributed by atoms with van der Waals surface area (Å²) in [5, 5.41) is 3.89. The van der Waals surface area contributed by atoms with Gasteiger partial charge >= 0.3 is 0 Å². The van der Waals surface area contributed by atoms with Crippen molar-refractivity contribution in [3.8, 4) is 5.88 Å². The van der Waals surface area contributed by atoms with Gasteiger partial charge < -0.3 is 10.1 Å². The first kappa shape index (κ1) is 18.9. The van der Waals surface area contributed by atoms with Gasteiger partial charge in [-0.3, -0.25) is 4.79 Å². The number of ether oxygens (including phenoxy) is 1. The Morgan fingerprint density at radius 1 is 1.21 bits per heavy atom. The molecule has 0 saturated heterocycles. The topological polar surface area (TPSA) is 64.1 Å². The second kappa shape index (κ2) is 8.27. The molecular formula is C22H25N3O2S. The van der Waals surface area contributed by atoms with E-state index in [4.69, 9.17) is 4.74 Å². The van der Waals surface area contributed by atoms with Crippen molar-refractivity contribution >= 4 is 33.1 Å². The summed E-state index contributed by atoms with van der Waals surface area (Å²) in [6, 6.07) is 8.02. The van der Waals surface area contributed by atoms with E-state index >= 15 is 0 Å². The largest absolute Gasteiger partial charge is 0.467 e. The van der Waals surface area contributed by atoms with Gasteiger partial charge in [0.2, 0.25) is 5.88 Å². The highest BCUT2D eigenvalue weighted by Crippen LogP contribution is 2.38. The van der Waals surface area contributed by atoms with Gasteiger partial charge in [-0.2, -0.15) is 0 Å². The molecule has 0 aliphatic heterocycles. The Morgan fingerprint density at radius 3 is 2.79 bits per heavy atom. The Labute approximate surface area is 169 Å². The Bertz CT molecular complexity index is 981. The number of anilines is 1. The molecule has 5 nitrogen and oxygen atoms in total. The van der Waals surface area contributed by atoms with E-state index in [0.717, 1.165) is 35.2 Å². The first-order chi connectivity index (χ1) is 13.7. The Balaban J connectivity index is 1.43. The van der Waals surface area contributed by atoms with Crippen LogP contribution in [-0.4, -0.2) is 22.5 Å². The van der Waals surface area contributed by atoms with Crippen LogP contribution >= 0.6 is 11.3 Å². The van der Waals surface area contributed by atoms with Gasteiger partial charge in [-0.05, 0) is 61.3 Å². The normalized spacial score (nSPS) is 14.5. The van der Waals surface area contributed by atoms with Gasteiger partial charge in [0.25, 0.3) is 5.91 Å². The first-order valence-corrected chi connectivity index (χ1v) is 10.7. The van der Waals surface area contributed by atoms with Crippen LogP contribution in [0.3, 0.4) is 0 Å². The van der Waals surface area contributed by atoms with E-state index in [0.29, 0.717) is 11.8 Å². The Hall–Kier alpha value is -2.47. The minimum Gasteiger partial charge on any atom is -0.467 e. The third kappa shape index (κ3) is 3.87. The van der Waals surface area contributed by atoms with Gasteiger partial charge in [-0.25, -0.2) is 9.97 Å². The summed E-state index contributed by atoms with van der Waals surface area (Å²) in [5.41, 5.74) is 3.37. The van der Waals surface area contributed by atoms with Crippen molar-refractivity contribution < 1.29 is 9.53 Å². The smallest absolute Gasteiger partial charge is 0.262 e. The molecule has 1 atom stereocenters. The number of hydrogen-bond donors (Lipinski definition) is 1. The standard InChI is InChI=1S/C22H25N3O2S/c1-3-14(2)15-8-10-16(11-9-15)25-19(26)12-27-21-20-17-6-4-5-7-18(17)28-22(20)24-13-23-21/h8-11,13-14H,3-7,12H2,1-2H3,(H,25,26)/t14-/m0/s1. The maximum Gasteiger partial charge on any atom is 0.262 e. The van der Waals surface area contributed by atoms with Gasteiger partial charge in [-0.1, -0.05) is 26.0 Å². The number of carbonyl (C=O) groups excluding carboxylic acids is 1. The van der Waals surface area contributed by atoms with Gasteiger partial charge in [0.15, 0.2) is 6.61 Å². The monoisotopic (exact) mass is 395 g/mol. The van der Waals surface area contributed by atoms with E-state index in [1.54, 1.807) is 11.3 Å². The molecule has 1 aliphatic rings. The zero-order valence-corrected chi connectivity index (χ0v) is 17.1. The summed E-state index contributed by atoms with van der Waals surface area (Å²) >= 11 is 1.72. The van der Waals surface area contributed by atoms with Crippen LogP contribution in [0.25, 0.3) is 10.2 Å². The Morgan fingerprint density at radius 2 is 2.00 bits per heavy atom. The predicted molar refractivity (Wildman–Crippen MR) is 113 cm³/mol. The van der Waals surface area contributed by atoms with E-state index < -0.39 is 0 Å². The molecule has 1 N–H and O–H groups in total. The van der Waals surface area contributed by atoms with Crippen molar-refractivity contribution in [2.75, 3.05) is 11.9 Å². The number of nitrogens with one attached hydrogen (secondary N) is 1. The number of amides is 1. The fourth-order valence-electron chi connectivity index (χ4n) is 3.63. The number of hydrogen-bond acceptors (Lipinski definition) is 5. The highest BCUT2D eigenvalue weighted by Gasteiger charge is 2.21. The van der Waals surface area contributed by atoms with Crippen LogP contribution in [0.2, 0.25) is 0 Å². The number of nitrogens with zero attached hydrogens (tertiary/aromatic N) is 2. The molecule has 2 heterocycles. The van der Waals surface area contributed by atoms with Crippen LogP contribution in [0.5, 0.6) is 5.88 Å². The summed E-state index contributed by atoms with van der Waals surface area (Å²) in [6.45, 7) is 4.31. The van der Waals surface area contributed by atoms with Gasteiger partial charge in [-0.15, -0.1) is 11.3 Å². The lowest BCUT2D eigenvalue weighted by Gasteiger charge is -2.12. The molecule has 1 aromatic carbocycles. The van der Waals surface area contributed by atoms with Crippen LogP contribution in [0.4, 0.5) is 5.69 Å². The van der Waals surface area contributed by atoms with Crippen LogP contribution in [0, 0.1) is 0 Å². The Kier molecular flexibility index (Phi) is 5.57. The number of benzene rings is 1. The summed E-state index contributed by atoms with van der Waals surface area (Å²) in [7, 11) is 0. The summed E-state index contributed by atoms with van der Waals surface area (Å²) in [4.78, 5) is 23.4. The SMILES string of the molecule is CC[C@H](C)c1ccc(NC(=O)COc2ncnc3sc4c(c23)CCCC4)cc1. The van der Waals surface area contributed by atoms with E-state index in [9.17, 15) is 4.79 Å². The molecule has 0 bridgehead atoms. The first-order valence-electron chi connectivity index (χ1n) is 9.93. The molecule has 2 aromatic heterocycles. The van der Waals surface area contributed by atoms with E-state index in [-0.39, 0.29) is 12.5 Å². The van der Waals surface area contributed by atoms with Crippen molar-refractivity contribution in [1.29, 1.82) is 0 Å². The lowest BCUT2D eigenvalue weighted by atomic mass is 9.97. The lowest BCUT2D eigenvalue weighted by molar-refractivity contribution is -0.118. The fraction of sp³-hybridized carbons (Fsp3) is 0.409. The summed E-state index contributed by atoms with van der Waals surface area (Å²) in [5.74, 6) is 0.851. The minimum atomic E-state index is -0.188. The molecule has 3 aromatic rings. The number of fused-ring (bicyclic) bond motifs is 3. The molecule has 1 amide bonds. The van der Waals surface area contributed by atoms with Crippen molar-refractivity contribution in [2.24, 2.45) is 0 Å². The molecule has 0 spiro atoms. The van der Waals surface area contributed by atoms with E-state index in [1.807, 2.05) is 12.1 Å². The molecule has 6 heteroatoms. The number of carbonyl (C=O) groups is 1. The van der Waals surface area contributed by atoms with Crippen molar-refractivity contribution in [3.05, 3.63) is 46.6 Å². The molecule has 146 valence electrons. The molecule has 0 saturated carbocycles. The molecular weight excluding hydrogens is 370 g/mol. The van der Waals surface area contributed by atoms with Gasteiger partial charge in [0.05, 0.1) is 5.39 Å². The van der Waals surface area contributed by atoms with E-state index in [2.05, 4.69) is 41.3 Å². The molecule has 0 radical (unpaired) electrons. The van der Waals surface area contributed by atoms with Crippen molar-refractivity contribution in [1.82, 2.24) is 9.97 Å². The number of thiophene rings is 1. The van der Waals surface area contributed by atoms with Crippen LogP contribution in [0.15, 0.2) is 30.6 Å². The quantitative estimate of drug-likeness (QED) is 0.630. The minimum absolute atomic E-state index is 0.0656. The van der Waals surface area contributed by atoms with Crippen LogP contribution < -0.4 is 10.1 Å². The zero-order chi connectivity index (χ0) is 19.5. The molecule has 4 rings (SSSR count). The third-order valence-corrected chi connectivity index (χ3v) is 6.63. The second-order valence-electron chi connectivity index (χ2n) is 7.34. The summed E-state index contributed by atoms with van der Waals surface area (Å²) < 4.78 is 5.80. The van der Waals surface area contributed by atoms with Crippen LogP contribution in [-0.2, 0) is 17.6 Å². The number of aromatic nitrogens is 2.